The minimum atomic E-state index is 0.625. The summed E-state index contributed by atoms with van der Waals surface area (Å²) in [5.41, 5.74) is 9.90. The average molecular weight is 535 g/mol. The maximum Gasteiger partial charge on any atom is 0.188 e. The van der Waals surface area contributed by atoms with Gasteiger partial charge in [0.05, 0.1) is 46.6 Å². The topological polar surface area (TPSA) is 18.6 Å². The third-order valence-corrected chi connectivity index (χ3v) is 8.13. The normalized spacial score (nSPS) is 11.3. The molecule has 0 bridgehead atoms. The predicted molar refractivity (Wildman–Crippen MR) is 173 cm³/mol. The Hall–Kier alpha value is -6.10. The van der Waals surface area contributed by atoms with E-state index in [-0.39, 0.29) is 0 Å². The number of hydrogen-bond donors (Lipinski definition) is 0. The first-order valence-electron chi connectivity index (χ1n) is 13.8. The largest absolute Gasteiger partial charge is 0.309 e. The lowest BCUT2D eigenvalue weighted by Gasteiger charge is -2.15. The molecule has 6 aromatic carbocycles. The van der Waals surface area contributed by atoms with E-state index in [0.29, 0.717) is 11.4 Å². The molecule has 0 aliphatic heterocycles. The van der Waals surface area contributed by atoms with Gasteiger partial charge in [-0.2, -0.15) is 0 Å². The summed E-state index contributed by atoms with van der Waals surface area (Å²) in [5, 5.41) is 4.53. The van der Waals surface area contributed by atoms with Gasteiger partial charge in [-0.05, 0) is 59.5 Å². The quantitative estimate of drug-likeness (QED) is 0.201. The van der Waals surface area contributed by atoms with E-state index in [0.717, 1.165) is 66.1 Å². The predicted octanol–water partition coefficient (Wildman–Crippen LogP) is 10.6. The highest BCUT2D eigenvalue weighted by atomic mass is 15.0. The molecule has 2 heterocycles. The van der Waals surface area contributed by atoms with Crippen LogP contribution in [0.4, 0.5) is 11.4 Å². The number of fused-ring (bicyclic) bond motifs is 6. The fourth-order valence-corrected chi connectivity index (χ4v) is 6.39. The number of hydrogen-bond acceptors (Lipinski definition) is 0. The highest BCUT2D eigenvalue weighted by Crippen LogP contribution is 2.42. The van der Waals surface area contributed by atoms with E-state index in [1.165, 1.54) is 0 Å². The van der Waals surface area contributed by atoms with Gasteiger partial charge in [0.15, 0.2) is 11.4 Å². The minimum absolute atomic E-state index is 0.625. The Kier molecular flexibility index (Phi) is 5.22. The summed E-state index contributed by atoms with van der Waals surface area (Å²) in [6.45, 7) is 15.1. The van der Waals surface area contributed by atoms with Crippen molar-refractivity contribution in [2.45, 2.75) is 0 Å². The van der Waals surface area contributed by atoms with Gasteiger partial charge in [-0.1, -0.05) is 84.9 Å². The van der Waals surface area contributed by atoms with Crippen molar-refractivity contribution in [2.24, 2.45) is 0 Å². The third kappa shape index (κ3) is 3.40. The summed E-state index contributed by atoms with van der Waals surface area (Å²) in [7, 11) is 0. The molecule has 4 nitrogen and oxygen atoms in total. The van der Waals surface area contributed by atoms with Crippen LogP contribution in [0.25, 0.3) is 75.8 Å². The van der Waals surface area contributed by atoms with Crippen LogP contribution >= 0.6 is 0 Å². The first kappa shape index (κ1) is 23.8. The van der Waals surface area contributed by atoms with Gasteiger partial charge >= 0.3 is 0 Å². The van der Waals surface area contributed by atoms with Crippen LogP contribution < -0.4 is 0 Å². The monoisotopic (exact) mass is 534 g/mol. The molecule has 8 aromatic rings. The van der Waals surface area contributed by atoms with Crippen molar-refractivity contribution in [3.05, 3.63) is 156 Å². The summed E-state index contributed by atoms with van der Waals surface area (Å²) in [4.78, 5) is 7.38. The third-order valence-electron chi connectivity index (χ3n) is 8.13. The zero-order valence-corrected chi connectivity index (χ0v) is 22.5. The molecule has 0 aliphatic rings. The molecule has 0 saturated carbocycles. The number of nitrogens with zero attached hydrogens (tertiary/aromatic N) is 4. The van der Waals surface area contributed by atoms with Crippen molar-refractivity contribution in [3.8, 4) is 22.5 Å². The number of aromatic nitrogens is 2. The molecular weight excluding hydrogens is 512 g/mol. The van der Waals surface area contributed by atoms with Crippen LogP contribution in [0.2, 0.25) is 0 Å². The lowest BCUT2D eigenvalue weighted by molar-refractivity contribution is 1.17. The molecule has 42 heavy (non-hydrogen) atoms. The molecule has 0 fully saturated rings. The molecule has 194 valence electrons. The minimum Gasteiger partial charge on any atom is -0.309 e. The number of rotatable bonds is 3. The molecule has 0 atom stereocenters. The van der Waals surface area contributed by atoms with E-state index in [4.69, 9.17) is 13.1 Å². The standard InChI is InChI=1S/C38H22N4/c1-39-26-12-9-11-25(23-26)28-13-3-6-16-32(28)41-34-18-8-5-15-30(34)38-36(41)19-10-20-37(38)42-33-17-7-4-14-29(33)31-24-27(40-2)21-22-35(31)42/h3-24H. The van der Waals surface area contributed by atoms with Crippen LogP contribution in [0.3, 0.4) is 0 Å². The van der Waals surface area contributed by atoms with Gasteiger partial charge in [0, 0.05) is 21.7 Å². The van der Waals surface area contributed by atoms with E-state index in [9.17, 15) is 0 Å². The molecule has 0 unspecified atom stereocenters. The molecule has 0 N–H and O–H groups in total. The molecular formula is C38H22N4. The van der Waals surface area contributed by atoms with Crippen LogP contribution in [0.1, 0.15) is 0 Å². The molecule has 0 aliphatic carbocycles. The first-order valence-corrected chi connectivity index (χ1v) is 13.8. The molecule has 0 radical (unpaired) electrons. The van der Waals surface area contributed by atoms with Gasteiger partial charge in [0.25, 0.3) is 0 Å². The van der Waals surface area contributed by atoms with Crippen molar-refractivity contribution < 1.29 is 0 Å². The van der Waals surface area contributed by atoms with E-state index < -0.39 is 0 Å². The summed E-state index contributed by atoms with van der Waals surface area (Å²) in [6, 6.07) is 45.7. The van der Waals surface area contributed by atoms with Gasteiger partial charge < -0.3 is 9.13 Å². The van der Waals surface area contributed by atoms with Crippen LogP contribution in [0.15, 0.2) is 133 Å². The highest BCUT2D eigenvalue weighted by molar-refractivity contribution is 6.17. The fraction of sp³-hybridized carbons (Fsp3) is 0. The Bertz CT molecular complexity index is 2440. The van der Waals surface area contributed by atoms with Gasteiger partial charge in [0.1, 0.15) is 0 Å². The zero-order chi connectivity index (χ0) is 28.2. The maximum atomic E-state index is 7.58. The summed E-state index contributed by atoms with van der Waals surface area (Å²) < 4.78 is 4.68. The van der Waals surface area contributed by atoms with Crippen LogP contribution in [0.5, 0.6) is 0 Å². The van der Waals surface area contributed by atoms with Crippen molar-refractivity contribution in [1.82, 2.24) is 9.13 Å². The lowest BCUT2D eigenvalue weighted by atomic mass is 10.0. The Morgan fingerprint density at radius 2 is 1.02 bits per heavy atom. The van der Waals surface area contributed by atoms with Crippen LogP contribution in [0, 0.1) is 13.1 Å². The van der Waals surface area contributed by atoms with Crippen LogP contribution in [-0.4, -0.2) is 9.13 Å². The molecule has 8 rings (SSSR count). The Morgan fingerprint density at radius 3 is 1.86 bits per heavy atom. The Labute approximate surface area is 242 Å². The average Bonchev–Trinajstić information content (AvgIpc) is 3.57. The first-order chi connectivity index (χ1) is 20.8. The van der Waals surface area contributed by atoms with Crippen molar-refractivity contribution in [1.29, 1.82) is 0 Å². The number of para-hydroxylation sites is 3. The summed E-state index contributed by atoms with van der Waals surface area (Å²) >= 11 is 0. The van der Waals surface area contributed by atoms with Crippen molar-refractivity contribution >= 4 is 55.0 Å². The van der Waals surface area contributed by atoms with Gasteiger partial charge in [-0.3, -0.25) is 0 Å². The molecule has 0 amide bonds. The van der Waals surface area contributed by atoms with Gasteiger partial charge in [-0.25, -0.2) is 9.69 Å². The molecule has 2 aromatic heterocycles. The maximum absolute atomic E-state index is 7.58. The van der Waals surface area contributed by atoms with Crippen molar-refractivity contribution in [2.75, 3.05) is 0 Å². The molecule has 4 heteroatoms. The van der Waals surface area contributed by atoms with Crippen molar-refractivity contribution in [3.63, 3.8) is 0 Å². The van der Waals surface area contributed by atoms with E-state index in [1.807, 2.05) is 30.3 Å². The van der Waals surface area contributed by atoms with Gasteiger partial charge in [0.2, 0.25) is 0 Å². The van der Waals surface area contributed by atoms with Gasteiger partial charge in [-0.15, -0.1) is 0 Å². The van der Waals surface area contributed by atoms with E-state index >= 15 is 0 Å². The highest BCUT2D eigenvalue weighted by Gasteiger charge is 2.20. The van der Waals surface area contributed by atoms with Crippen LogP contribution in [-0.2, 0) is 0 Å². The Morgan fingerprint density at radius 1 is 0.429 bits per heavy atom. The Balaban J connectivity index is 1.49. The summed E-state index contributed by atoms with van der Waals surface area (Å²) in [6.07, 6.45) is 0. The zero-order valence-electron chi connectivity index (χ0n) is 22.5. The lowest BCUT2D eigenvalue weighted by Crippen LogP contribution is -1.98. The second-order valence-corrected chi connectivity index (χ2v) is 10.4. The fourth-order valence-electron chi connectivity index (χ4n) is 6.39. The molecule has 0 saturated heterocycles. The molecule has 0 spiro atoms. The SMILES string of the molecule is [C-]#[N+]c1cccc(-c2ccccc2-n2c3ccccc3c3c(-n4c5ccccc5c5cc([N+]#[C-])ccc54)cccc32)c1. The van der Waals surface area contributed by atoms with E-state index in [1.54, 1.807) is 0 Å². The summed E-state index contributed by atoms with van der Waals surface area (Å²) in [5.74, 6) is 0. The number of benzene rings is 6. The second kappa shape index (κ2) is 9.24. The second-order valence-electron chi connectivity index (χ2n) is 10.4. The van der Waals surface area contributed by atoms with E-state index in [2.05, 4.69) is 122 Å². The smallest absolute Gasteiger partial charge is 0.188 e.